The Hall–Kier alpha value is -3.73. The predicted octanol–water partition coefficient (Wildman–Crippen LogP) is 2.95. The van der Waals surface area contributed by atoms with Crippen molar-refractivity contribution in [1.82, 2.24) is 25.1 Å². The van der Waals surface area contributed by atoms with E-state index in [4.69, 9.17) is 14.4 Å². The zero-order valence-electron chi connectivity index (χ0n) is 13.5. The number of aromatic nitrogens is 5. The number of hydrogen-bond donors (Lipinski definition) is 1. The molecule has 0 unspecified atom stereocenters. The van der Waals surface area contributed by atoms with E-state index < -0.39 is 0 Å². The fraction of sp³-hybridized carbons (Fsp3) is 0.167. The van der Waals surface area contributed by atoms with Crippen molar-refractivity contribution in [2.24, 2.45) is 0 Å². The van der Waals surface area contributed by atoms with Crippen molar-refractivity contribution in [2.45, 2.75) is 18.9 Å². The van der Waals surface area contributed by atoms with Crippen LogP contribution >= 0.6 is 0 Å². The van der Waals surface area contributed by atoms with Crippen LogP contribution in [-0.2, 0) is 6.42 Å². The van der Waals surface area contributed by atoms with Crippen LogP contribution in [0.15, 0.2) is 41.4 Å². The van der Waals surface area contributed by atoms with Gasteiger partial charge in [0.1, 0.15) is 29.3 Å². The summed E-state index contributed by atoms with van der Waals surface area (Å²) in [5.74, 6) is 1.30. The number of aromatic amines is 1. The summed E-state index contributed by atoms with van der Waals surface area (Å²) in [5.41, 5.74) is 3.54. The van der Waals surface area contributed by atoms with E-state index in [1.165, 1.54) is 12.6 Å². The largest absolute Gasteiger partial charge is 0.484 e. The molecule has 126 valence electrons. The Morgan fingerprint density at radius 2 is 2.27 bits per heavy atom. The molecule has 4 aromatic rings. The van der Waals surface area contributed by atoms with Crippen LogP contribution in [-0.4, -0.2) is 25.1 Å². The summed E-state index contributed by atoms with van der Waals surface area (Å²) in [5, 5.41) is 17.1. The van der Waals surface area contributed by atoms with E-state index in [-0.39, 0.29) is 6.10 Å². The molecule has 0 saturated heterocycles. The Morgan fingerprint density at radius 1 is 1.31 bits per heavy atom. The van der Waals surface area contributed by atoms with Crippen LogP contribution in [0.5, 0.6) is 5.75 Å². The Morgan fingerprint density at radius 3 is 3.12 bits per heavy atom. The summed E-state index contributed by atoms with van der Waals surface area (Å²) in [7, 11) is 0. The summed E-state index contributed by atoms with van der Waals surface area (Å²) < 4.78 is 11.5. The first kappa shape index (κ1) is 14.6. The summed E-state index contributed by atoms with van der Waals surface area (Å²) in [4.78, 5) is 12.6. The molecule has 3 aromatic heterocycles. The van der Waals surface area contributed by atoms with Crippen molar-refractivity contribution in [1.29, 1.82) is 5.26 Å². The number of nitrogens with one attached hydrogen (secondary N) is 1. The topological polar surface area (TPSA) is 114 Å². The molecule has 0 aliphatic heterocycles. The zero-order chi connectivity index (χ0) is 17.5. The highest BCUT2D eigenvalue weighted by Gasteiger charge is 2.27. The van der Waals surface area contributed by atoms with Crippen molar-refractivity contribution in [3.05, 3.63) is 54.1 Å². The molecule has 1 aliphatic carbocycles. The van der Waals surface area contributed by atoms with E-state index in [9.17, 15) is 0 Å². The molecule has 0 fully saturated rings. The van der Waals surface area contributed by atoms with Gasteiger partial charge in [-0.1, -0.05) is 0 Å². The van der Waals surface area contributed by atoms with Crippen molar-refractivity contribution < 1.29 is 9.15 Å². The highest BCUT2D eigenvalue weighted by molar-refractivity contribution is 5.92. The summed E-state index contributed by atoms with van der Waals surface area (Å²) in [6, 6.07) is 7.74. The van der Waals surface area contributed by atoms with E-state index >= 15 is 0 Å². The minimum absolute atomic E-state index is 0.177. The van der Waals surface area contributed by atoms with E-state index in [0.717, 1.165) is 35.1 Å². The molecule has 3 heterocycles. The van der Waals surface area contributed by atoms with Crippen molar-refractivity contribution in [3.8, 4) is 23.3 Å². The second-order valence-electron chi connectivity index (χ2n) is 5.99. The van der Waals surface area contributed by atoms with Crippen LogP contribution in [0.4, 0.5) is 0 Å². The van der Waals surface area contributed by atoms with Gasteiger partial charge in [-0.3, -0.25) is 10.1 Å². The number of fused-ring (bicyclic) bond motifs is 2. The lowest BCUT2D eigenvalue weighted by Crippen LogP contribution is -2.06. The minimum Gasteiger partial charge on any atom is -0.484 e. The third-order valence-corrected chi connectivity index (χ3v) is 4.42. The molecule has 0 amide bonds. The number of nitriles is 1. The Kier molecular flexibility index (Phi) is 3.18. The number of nitrogens with zero attached hydrogens (tertiary/aromatic N) is 5. The molecule has 8 nitrogen and oxygen atoms in total. The number of hydrogen-bond acceptors (Lipinski definition) is 7. The van der Waals surface area contributed by atoms with Gasteiger partial charge in [-0.15, -0.1) is 0 Å². The first-order valence-corrected chi connectivity index (χ1v) is 8.11. The number of ether oxygens (including phenoxy) is 1. The predicted molar refractivity (Wildman–Crippen MR) is 90.0 cm³/mol. The van der Waals surface area contributed by atoms with Gasteiger partial charge in [-0.25, -0.2) is 9.97 Å². The lowest BCUT2D eigenvalue weighted by Gasteiger charge is -2.14. The maximum atomic E-state index is 8.95. The van der Waals surface area contributed by atoms with E-state index in [1.54, 1.807) is 6.20 Å². The van der Waals surface area contributed by atoms with Gasteiger partial charge in [0.05, 0.1) is 23.6 Å². The summed E-state index contributed by atoms with van der Waals surface area (Å²) in [6.07, 6.45) is 5.84. The molecule has 1 aromatic carbocycles. The van der Waals surface area contributed by atoms with E-state index in [1.807, 2.05) is 24.3 Å². The molecule has 26 heavy (non-hydrogen) atoms. The first-order chi connectivity index (χ1) is 12.8. The van der Waals surface area contributed by atoms with Crippen LogP contribution in [0.1, 0.15) is 29.6 Å². The average Bonchev–Trinajstić information content (AvgIpc) is 3.40. The number of oxazole rings is 1. The summed E-state index contributed by atoms with van der Waals surface area (Å²) in [6.45, 7) is 0. The molecular weight excluding hydrogens is 332 g/mol. The van der Waals surface area contributed by atoms with Crippen molar-refractivity contribution in [2.75, 3.05) is 0 Å². The van der Waals surface area contributed by atoms with Gasteiger partial charge in [0, 0.05) is 5.39 Å². The Balaban J connectivity index is 1.48. The van der Waals surface area contributed by atoms with Gasteiger partial charge >= 0.3 is 0 Å². The maximum absolute atomic E-state index is 8.95. The van der Waals surface area contributed by atoms with Gasteiger partial charge < -0.3 is 9.15 Å². The lowest BCUT2D eigenvalue weighted by molar-refractivity contribution is 0.203. The summed E-state index contributed by atoms with van der Waals surface area (Å²) >= 11 is 0. The molecule has 0 radical (unpaired) electrons. The fourth-order valence-corrected chi connectivity index (χ4v) is 3.21. The SMILES string of the molecule is N#Cc1cnc2c(n1)CC[C@@H]2Oc1ccc2[nH]nc(-c3cnco3)c2c1. The molecule has 8 heteroatoms. The van der Waals surface area contributed by atoms with Crippen molar-refractivity contribution in [3.63, 3.8) is 0 Å². The van der Waals surface area contributed by atoms with Crippen LogP contribution in [0.3, 0.4) is 0 Å². The lowest BCUT2D eigenvalue weighted by atomic mass is 10.1. The fourth-order valence-electron chi connectivity index (χ4n) is 3.21. The monoisotopic (exact) mass is 344 g/mol. The van der Waals surface area contributed by atoms with Gasteiger partial charge in [0.2, 0.25) is 0 Å². The molecule has 1 aliphatic rings. The van der Waals surface area contributed by atoms with Crippen LogP contribution in [0.2, 0.25) is 0 Å². The molecule has 1 atom stereocenters. The average molecular weight is 344 g/mol. The normalized spacial score (nSPS) is 15.7. The smallest absolute Gasteiger partial charge is 0.181 e. The highest BCUT2D eigenvalue weighted by atomic mass is 16.5. The third kappa shape index (κ3) is 2.29. The number of aryl methyl sites for hydroxylation is 1. The molecular formula is C18H12N6O2. The number of benzene rings is 1. The van der Waals surface area contributed by atoms with Crippen LogP contribution < -0.4 is 4.74 Å². The minimum atomic E-state index is -0.177. The van der Waals surface area contributed by atoms with Crippen LogP contribution in [0.25, 0.3) is 22.4 Å². The standard InChI is InChI=1S/C18H12N6O2/c19-6-10-7-21-18-14(22-10)3-4-15(18)26-11-1-2-13-12(5-11)17(24-23-13)16-8-20-9-25-16/h1-2,5,7-9,15H,3-4H2,(H,23,24)/t15-/m0/s1. The van der Waals surface area contributed by atoms with Gasteiger partial charge in [0.15, 0.2) is 17.8 Å². The van der Waals surface area contributed by atoms with E-state index in [2.05, 4.69) is 25.1 Å². The second-order valence-corrected chi connectivity index (χ2v) is 5.99. The molecule has 0 saturated carbocycles. The Bertz CT molecular complexity index is 1140. The zero-order valence-corrected chi connectivity index (χ0v) is 13.5. The molecule has 0 spiro atoms. The van der Waals surface area contributed by atoms with E-state index in [0.29, 0.717) is 22.9 Å². The maximum Gasteiger partial charge on any atom is 0.181 e. The van der Waals surface area contributed by atoms with Crippen molar-refractivity contribution >= 4 is 10.9 Å². The van der Waals surface area contributed by atoms with Gasteiger partial charge in [0.25, 0.3) is 0 Å². The second kappa shape index (κ2) is 5.67. The Labute approximate surface area is 147 Å². The van der Waals surface area contributed by atoms with Gasteiger partial charge in [-0.2, -0.15) is 10.4 Å². The van der Waals surface area contributed by atoms with Gasteiger partial charge in [-0.05, 0) is 31.0 Å². The quantitative estimate of drug-likeness (QED) is 0.607. The molecule has 1 N–H and O–H groups in total. The number of rotatable bonds is 3. The molecule has 5 rings (SSSR count). The first-order valence-electron chi connectivity index (χ1n) is 8.11. The number of H-pyrrole nitrogens is 1. The molecule has 0 bridgehead atoms. The highest BCUT2D eigenvalue weighted by Crippen LogP contribution is 2.35. The third-order valence-electron chi connectivity index (χ3n) is 4.42. The van der Waals surface area contributed by atoms with Crippen LogP contribution in [0, 0.1) is 11.3 Å².